The van der Waals surface area contributed by atoms with Gasteiger partial charge >= 0.3 is 0 Å². The summed E-state index contributed by atoms with van der Waals surface area (Å²) in [5.41, 5.74) is 6.99. The second-order valence-corrected chi connectivity index (χ2v) is 7.51. The third-order valence-electron chi connectivity index (χ3n) is 5.51. The Bertz CT molecular complexity index is 889. The molecule has 0 amide bonds. The summed E-state index contributed by atoms with van der Waals surface area (Å²) >= 11 is 0. The highest BCUT2D eigenvalue weighted by atomic mass is 14.9. The molecule has 2 heterocycles. The van der Waals surface area contributed by atoms with Gasteiger partial charge in [-0.2, -0.15) is 0 Å². The number of hydrogen-bond acceptors (Lipinski definition) is 1. The van der Waals surface area contributed by atoms with Gasteiger partial charge in [0.15, 0.2) is 0 Å². The van der Waals surface area contributed by atoms with E-state index >= 15 is 0 Å². The summed E-state index contributed by atoms with van der Waals surface area (Å²) in [5.74, 6) is 0. The normalized spacial score (nSPS) is 17.4. The van der Waals surface area contributed by atoms with E-state index in [1.165, 1.54) is 58.8 Å². The summed E-state index contributed by atoms with van der Waals surface area (Å²) in [5, 5.41) is 5.06. The van der Waals surface area contributed by atoms with Gasteiger partial charge in [0, 0.05) is 29.7 Å². The van der Waals surface area contributed by atoms with Gasteiger partial charge in [0.05, 0.1) is 0 Å². The van der Waals surface area contributed by atoms with Crippen molar-refractivity contribution >= 4 is 16.5 Å². The predicted molar refractivity (Wildman–Crippen MR) is 111 cm³/mol. The van der Waals surface area contributed by atoms with Crippen molar-refractivity contribution in [3.8, 4) is 0 Å². The number of fused-ring (bicyclic) bond motifs is 1. The molecule has 0 saturated heterocycles. The fourth-order valence-electron chi connectivity index (χ4n) is 4.18. The van der Waals surface area contributed by atoms with Gasteiger partial charge in [-0.05, 0) is 67.0 Å². The second kappa shape index (κ2) is 7.92. The molecule has 134 valence electrons. The third-order valence-corrected chi connectivity index (χ3v) is 5.51. The van der Waals surface area contributed by atoms with Crippen molar-refractivity contribution < 1.29 is 0 Å². The van der Waals surface area contributed by atoms with Gasteiger partial charge in [0.1, 0.15) is 0 Å². The van der Waals surface area contributed by atoms with Crippen molar-refractivity contribution in [2.45, 2.75) is 45.1 Å². The summed E-state index contributed by atoms with van der Waals surface area (Å²) in [6.45, 7) is 3.18. The van der Waals surface area contributed by atoms with Gasteiger partial charge in [-0.1, -0.05) is 48.9 Å². The number of benzene rings is 2. The van der Waals surface area contributed by atoms with Crippen LogP contribution in [0.1, 0.15) is 42.4 Å². The van der Waals surface area contributed by atoms with Gasteiger partial charge in [-0.25, -0.2) is 0 Å². The summed E-state index contributed by atoms with van der Waals surface area (Å²) < 4.78 is 0. The maximum absolute atomic E-state index is 3.67. The summed E-state index contributed by atoms with van der Waals surface area (Å²) in [7, 11) is 0. The minimum atomic E-state index is 0.611. The molecular formula is C24H28N2. The first-order valence-corrected chi connectivity index (χ1v) is 9.84. The fourth-order valence-corrected chi connectivity index (χ4v) is 4.18. The molecular weight excluding hydrogens is 316 g/mol. The van der Waals surface area contributed by atoms with E-state index in [4.69, 9.17) is 0 Å². The number of hydrogen-bond donors (Lipinski definition) is 2. The van der Waals surface area contributed by atoms with Crippen LogP contribution >= 0.6 is 0 Å². The van der Waals surface area contributed by atoms with Crippen molar-refractivity contribution in [3.63, 3.8) is 0 Å². The maximum Gasteiger partial charge on any atom is 0.0459 e. The molecule has 2 heteroatoms. The van der Waals surface area contributed by atoms with Gasteiger partial charge in [0.2, 0.25) is 0 Å². The molecule has 4 rings (SSSR count). The summed E-state index contributed by atoms with van der Waals surface area (Å²) in [6, 6.07) is 18.2. The lowest BCUT2D eigenvalue weighted by Gasteiger charge is -2.24. The zero-order valence-electron chi connectivity index (χ0n) is 15.6. The molecule has 2 nitrogen and oxygen atoms in total. The van der Waals surface area contributed by atoms with Crippen molar-refractivity contribution in [1.29, 1.82) is 0 Å². The van der Waals surface area contributed by atoms with E-state index in [9.17, 15) is 0 Å². The Morgan fingerprint density at radius 3 is 2.81 bits per heavy atom. The number of rotatable bonds is 6. The van der Waals surface area contributed by atoms with E-state index in [0.29, 0.717) is 6.04 Å². The zero-order valence-corrected chi connectivity index (χ0v) is 15.6. The highest BCUT2D eigenvalue weighted by Gasteiger charge is 2.15. The van der Waals surface area contributed by atoms with Gasteiger partial charge in [-0.15, -0.1) is 0 Å². The quantitative estimate of drug-likeness (QED) is 0.557. The largest absolute Gasteiger partial charge is 0.361 e. The predicted octanol–water partition coefficient (Wildman–Crippen LogP) is 5.63. The van der Waals surface area contributed by atoms with Crippen molar-refractivity contribution in [2.75, 3.05) is 6.54 Å². The average molecular weight is 345 g/mol. The van der Waals surface area contributed by atoms with E-state index in [0.717, 1.165) is 13.0 Å². The number of aromatic amines is 1. The number of aromatic nitrogens is 1. The van der Waals surface area contributed by atoms with Crippen LogP contribution in [0.25, 0.3) is 16.5 Å². The molecule has 0 spiro atoms. The molecule has 1 atom stereocenters. The molecule has 0 bridgehead atoms. The van der Waals surface area contributed by atoms with E-state index < -0.39 is 0 Å². The van der Waals surface area contributed by atoms with Gasteiger partial charge in [-0.3, -0.25) is 0 Å². The van der Waals surface area contributed by atoms with Crippen LogP contribution in [0, 0.1) is 6.92 Å². The van der Waals surface area contributed by atoms with E-state index in [2.05, 4.69) is 78.0 Å². The van der Waals surface area contributed by atoms with Gasteiger partial charge in [0.25, 0.3) is 0 Å². The zero-order chi connectivity index (χ0) is 17.8. The first kappa shape index (κ1) is 17.1. The van der Waals surface area contributed by atoms with Crippen LogP contribution in [0.2, 0.25) is 0 Å². The molecule has 1 aliphatic rings. The molecule has 1 aromatic heterocycles. The maximum atomic E-state index is 3.67. The molecule has 0 aliphatic carbocycles. The molecule has 0 saturated carbocycles. The minimum absolute atomic E-state index is 0.611. The molecule has 26 heavy (non-hydrogen) atoms. The highest BCUT2D eigenvalue weighted by molar-refractivity contribution is 5.83. The summed E-state index contributed by atoms with van der Waals surface area (Å²) in [6.07, 6.45) is 10.5. The first-order valence-electron chi connectivity index (χ1n) is 9.84. The van der Waals surface area contributed by atoms with Crippen LogP contribution in [-0.4, -0.2) is 17.6 Å². The molecule has 1 unspecified atom stereocenters. The molecule has 2 aromatic carbocycles. The Balaban J connectivity index is 1.30. The van der Waals surface area contributed by atoms with E-state index in [1.54, 1.807) is 0 Å². The Labute approximate surface area is 156 Å². The Morgan fingerprint density at radius 2 is 1.92 bits per heavy atom. The van der Waals surface area contributed by atoms with E-state index in [1.807, 2.05) is 0 Å². The van der Waals surface area contributed by atoms with Crippen LogP contribution in [0.3, 0.4) is 0 Å². The molecule has 1 aliphatic heterocycles. The van der Waals surface area contributed by atoms with Crippen molar-refractivity contribution in [2.24, 2.45) is 0 Å². The number of aryl methyl sites for hydroxylation is 2. The lowest BCUT2D eigenvalue weighted by atomic mass is 9.92. The Kier molecular flexibility index (Phi) is 5.21. The molecule has 0 fully saturated rings. The highest BCUT2D eigenvalue weighted by Crippen LogP contribution is 2.25. The average Bonchev–Trinajstić information content (AvgIpc) is 3.14. The number of H-pyrrole nitrogens is 1. The fraction of sp³-hybridized carbons (Fsp3) is 0.333. The second-order valence-electron chi connectivity index (χ2n) is 7.51. The van der Waals surface area contributed by atoms with Crippen LogP contribution in [0.4, 0.5) is 0 Å². The van der Waals surface area contributed by atoms with Crippen LogP contribution in [0.5, 0.6) is 0 Å². The lowest BCUT2D eigenvalue weighted by molar-refractivity contribution is 0.477. The molecule has 3 aromatic rings. The topological polar surface area (TPSA) is 27.8 Å². The SMILES string of the molecule is Cc1cc(CCCCC2CC(c3ccccc3)=CCN2)c2cc[nH]c2c1. The van der Waals surface area contributed by atoms with Gasteiger partial charge < -0.3 is 10.3 Å². The molecule has 0 radical (unpaired) electrons. The monoisotopic (exact) mass is 344 g/mol. The van der Waals surface area contributed by atoms with Crippen LogP contribution in [0.15, 0.2) is 60.8 Å². The number of unbranched alkanes of at least 4 members (excludes halogenated alkanes) is 1. The first-order chi connectivity index (χ1) is 12.8. The van der Waals surface area contributed by atoms with Crippen LogP contribution in [-0.2, 0) is 6.42 Å². The van der Waals surface area contributed by atoms with Crippen LogP contribution < -0.4 is 5.32 Å². The molecule has 2 N–H and O–H groups in total. The smallest absolute Gasteiger partial charge is 0.0459 e. The Hall–Kier alpha value is -2.32. The third kappa shape index (κ3) is 3.91. The van der Waals surface area contributed by atoms with E-state index in [-0.39, 0.29) is 0 Å². The Morgan fingerprint density at radius 1 is 1.04 bits per heavy atom. The van der Waals surface area contributed by atoms with Crippen molar-refractivity contribution in [3.05, 3.63) is 77.5 Å². The number of nitrogens with one attached hydrogen (secondary N) is 2. The lowest BCUT2D eigenvalue weighted by Crippen LogP contribution is -2.32. The van der Waals surface area contributed by atoms with Crippen molar-refractivity contribution in [1.82, 2.24) is 10.3 Å². The standard InChI is InChI=1S/C24H28N2/c1-18-15-21(23-12-14-26-24(23)16-18)9-5-6-10-22-17-20(11-13-25-22)19-7-3-2-4-8-19/h2-4,7-8,11-12,14-16,22,25-26H,5-6,9-10,13,17H2,1H3. The minimum Gasteiger partial charge on any atom is -0.361 e. The summed E-state index contributed by atoms with van der Waals surface area (Å²) in [4.78, 5) is 3.35.